The zero-order chi connectivity index (χ0) is 51.6. The van der Waals surface area contributed by atoms with Crippen molar-refractivity contribution in [1.82, 2.24) is 0 Å². The van der Waals surface area contributed by atoms with Gasteiger partial charge in [0.25, 0.3) is 0 Å². The van der Waals surface area contributed by atoms with Crippen LogP contribution in [0.15, 0.2) is 188 Å². The first-order valence-corrected chi connectivity index (χ1v) is 28.9. The van der Waals surface area contributed by atoms with Gasteiger partial charge in [0, 0.05) is 11.1 Å². The van der Waals surface area contributed by atoms with E-state index in [0.29, 0.717) is 61.0 Å². The van der Waals surface area contributed by atoms with Gasteiger partial charge in [0.05, 0.1) is 31.1 Å². The van der Waals surface area contributed by atoms with Crippen LogP contribution in [0.2, 0.25) is 0 Å². The van der Waals surface area contributed by atoms with E-state index < -0.39 is 41.0 Å². The second-order valence-electron chi connectivity index (χ2n) is 21.1. The van der Waals surface area contributed by atoms with E-state index in [1.54, 1.807) is 60.7 Å². The van der Waals surface area contributed by atoms with Crippen LogP contribution in [-0.4, -0.2) is 38.9 Å². The summed E-state index contributed by atoms with van der Waals surface area (Å²) < 4.78 is 56.9. The lowest BCUT2D eigenvalue weighted by molar-refractivity contribution is 0.0242. The van der Waals surface area contributed by atoms with Crippen molar-refractivity contribution in [1.29, 1.82) is 0 Å². The van der Waals surface area contributed by atoms with Crippen molar-refractivity contribution in [2.24, 2.45) is 22.7 Å². The summed E-state index contributed by atoms with van der Waals surface area (Å²) in [5.41, 5.74) is 7.06. The SMILES string of the molecule is CC(C)=CCC/C(C)=C/CC/C(C)=C/CC(/C(C)=C/CC/C(C)=C/CC(/C(C)=C/CC/C(C)=C/CC12C(=O)c3ccccc3C(=O)C1(C)C1C=CC2C1)S(=O)(=O)c1ccccc1)S(=O)(=O)c1ccccc1. The summed E-state index contributed by atoms with van der Waals surface area (Å²) in [5.74, 6) is 0.188. The number of hydrogen-bond acceptors (Lipinski definition) is 6. The number of hydrogen-bond donors (Lipinski definition) is 0. The first kappa shape index (κ1) is 55.1. The summed E-state index contributed by atoms with van der Waals surface area (Å²) in [6, 6.07) is 24.6. The summed E-state index contributed by atoms with van der Waals surface area (Å²) in [7, 11) is -7.41. The van der Waals surface area contributed by atoms with E-state index in [0.717, 1.165) is 54.4 Å². The Morgan fingerprint density at radius 3 is 1.38 bits per heavy atom. The molecule has 6 atom stereocenters. The van der Waals surface area contributed by atoms with Gasteiger partial charge in [-0.3, -0.25) is 9.59 Å². The molecule has 0 spiro atoms. The minimum Gasteiger partial charge on any atom is -0.293 e. The fourth-order valence-electron chi connectivity index (χ4n) is 11.3. The normalized spacial score (nSPS) is 22.9. The molecule has 71 heavy (non-hydrogen) atoms. The van der Waals surface area contributed by atoms with Gasteiger partial charge in [-0.25, -0.2) is 16.8 Å². The van der Waals surface area contributed by atoms with Crippen LogP contribution in [0.25, 0.3) is 0 Å². The van der Waals surface area contributed by atoms with Crippen LogP contribution in [0.4, 0.5) is 0 Å². The number of benzene rings is 3. The molecule has 3 aromatic carbocycles. The van der Waals surface area contributed by atoms with Gasteiger partial charge in [-0.2, -0.15) is 0 Å². The lowest BCUT2D eigenvalue weighted by Crippen LogP contribution is -2.56. The molecular weight excluding hydrogens is 917 g/mol. The van der Waals surface area contributed by atoms with Crippen LogP contribution in [0.3, 0.4) is 0 Å². The van der Waals surface area contributed by atoms with Gasteiger partial charge in [-0.15, -0.1) is 0 Å². The molecular formula is C63H78O6S2. The monoisotopic (exact) mass is 995 g/mol. The third-order valence-electron chi connectivity index (χ3n) is 15.9. The van der Waals surface area contributed by atoms with Crippen molar-refractivity contribution in [2.45, 2.75) is 160 Å². The topological polar surface area (TPSA) is 102 Å². The predicted octanol–water partition coefficient (Wildman–Crippen LogP) is 15.9. The van der Waals surface area contributed by atoms with E-state index in [2.05, 4.69) is 71.1 Å². The van der Waals surface area contributed by atoms with Crippen molar-refractivity contribution in [2.75, 3.05) is 0 Å². The molecule has 0 heterocycles. The van der Waals surface area contributed by atoms with Gasteiger partial charge in [0.15, 0.2) is 31.2 Å². The lowest BCUT2D eigenvalue weighted by Gasteiger charge is -2.50. The van der Waals surface area contributed by atoms with Gasteiger partial charge in [0.1, 0.15) is 0 Å². The van der Waals surface area contributed by atoms with Crippen LogP contribution in [0.1, 0.15) is 160 Å². The number of Topliss-reactive ketones (excluding diaryl/α,β-unsaturated/α-hetero) is 2. The Hall–Kier alpha value is -5.18. The number of rotatable bonds is 24. The van der Waals surface area contributed by atoms with Crippen LogP contribution in [-0.2, 0) is 19.7 Å². The van der Waals surface area contributed by atoms with E-state index in [-0.39, 0.29) is 28.3 Å². The van der Waals surface area contributed by atoms with Crippen LogP contribution < -0.4 is 0 Å². The highest BCUT2D eigenvalue weighted by atomic mass is 32.2. The molecule has 0 N–H and O–H groups in total. The summed E-state index contributed by atoms with van der Waals surface area (Å²) in [6.07, 6.45) is 27.7. The largest absolute Gasteiger partial charge is 0.293 e. The molecule has 0 amide bonds. The summed E-state index contributed by atoms with van der Waals surface area (Å²) in [6.45, 7) is 18.4. The molecule has 378 valence electrons. The molecule has 1 fully saturated rings. The Bertz CT molecular complexity index is 2880. The highest BCUT2D eigenvalue weighted by Gasteiger charge is 2.71. The summed E-state index contributed by atoms with van der Waals surface area (Å²) in [4.78, 5) is 29.3. The molecule has 0 radical (unpaired) electrons. The Morgan fingerprint density at radius 2 is 0.901 bits per heavy atom. The maximum Gasteiger partial charge on any atom is 0.185 e. The van der Waals surface area contributed by atoms with Crippen LogP contribution in [0, 0.1) is 22.7 Å². The molecule has 0 aliphatic heterocycles. The predicted molar refractivity (Wildman–Crippen MR) is 294 cm³/mol. The van der Waals surface area contributed by atoms with Crippen molar-refractivity contribution in [3.05, 3.63) is 190 Å². The van der Waals surface area contributed by atoms with E-state index in [9.17, 15) is 26.4 Å². The number of ketones is 2. The molecule has 6 rings (SSSR count). The average molecular weight is 995 g/mol. The Morgan fingerprint density at radius 1 is 0.507 bits per heavy atom. The molecule has 8 heteroatoms. The Kier molecular flexibility index (Phi) is 18.7. The van der Waals surface area contributed by atoms with Crippen LogP contribution in [0.5, 0.6) is 0 Å². The molecule has 0 aromatic heterocycles. The molecule has 0 saturated heterocycles. The van der Waals surface area contributed by atoms with Crippen molar-refractivity contribution < 1.29 is 26.4 Å². The fraction of sp³-hybridized carbons (Fsp3) is 0.429. The Labute approximate surface area is 427 Å². The van der Waals surface area contributed by atoms with E-state index in [1.807, 2.05) is 70.2 Å². The third-order valence-corrected chi connectivity index (χ3v) is 20.3. The zero-order valence-electron chi connectivity index (χ0n) is 43.8. The molecule has 3 aliphatic carbocycles. The maximum absolute atomic E-state index is 14.5. The van der Waals surface area contributed by atoms with E-state index in [1.165, 1.54) is 16.7 Å². The highest BCUT2D eigenvalue weighted by molar-refractivity contribution is 7.92. The maximum atomic E-state index is 14.5. The molecule has 3 aliphatic rings. The van der Waals surface area contributed by atoms with E-state index >= 15 is 0 Å². The van der Waals surface area contributed by atoms with Gasteiger partial charge in [-0.1, -0.05) is 161 Å². The number of carbonyl (C=O) groups excluding carboxylic acids is 2. The minimum absolute atomic E-state index is 0.00804. The Balaban J connectivity index is 1.14. The van der Waals surface area contributed by atoms with Crippen LogP contribution >= 0.6 is 0 Å². The average Bonchev–Trinajstić information content (AvgIpc) is 3.94. The first-order valence-electron chi connectivity index (χ1n) is 25.8. The quantitative estimate of drug-likeness (QED) is 0.0829. The number of carbonyl (C=O) groups is 2. The standard InChI is InChI=1S/C63H78O6S2/c1-45(2)22-18-23-46(3)24-19-25-47(4)36-40-58(70(66,67)54-30-12-10-13-31-54)50(7)28-20-26-48(5)37-41-59(71(68,69)55-32-14-11-15-33-55)51(8)29-21-27-49(6)42-43-63-53-39-38-52(44-53)62(63,9)60(64)56-34-16-17-35-57(56)61(63)65/h10-17,22,24,28-39,42,52-53,58-59H,18-21,23,25-27,40-41,43-44H2,1-9H3/b46-24+,47-36+,48-37+,49-42+,50-28+,51-29+. The number of sulfone groups is 2. The number of allylic oxidation sites excluding steroid dienone is 14. The molecule has 2 bridgehead atoms. The zero-order valence-corrected chi connectivity index (χ0v) is 45.5. The van der Waals surface area contributed by atoms with Gasteiger partial charge >= 0.3 is 0 Å². The van der Waals surface area contributed by atoms with Crippen molar-refractivity contribution in [3.8, 4) is 0 Å². The molecule has 3 aromatic rings. The molecule has 1 saturated carbocycles. The van der Waals surface area contributed by atoms with Gasteiger partial charge in [-0.05, 0) is 169 Å². The van der Waals surface area contributed by atoms with Gasteiger partial charge < -0.3 is 0 Å². The highest BCUT2D eigenvalue weighted by Crippen LogP contribution is 2.69. The second kappa shape index (κ2) is 24.0. The summed E-state index contributed by atoms with van der Waals surface area (Å²) >= 11 is 0. The summed E-state index contributed by atoms with van der Waals surface area (Å²) in [5, 5.41) is -1.48. The second-order valence-corrected chi connectivity index (χ2v) is 25.4. The number of fused-ring (bicyclic) bond motifs is 6. The van der Waals surface area contributed by atoms with E-state index in [4.69, 9.17) is 0 Å². The van der Waals surface area contributed by atoms with Gasteiger partial charge in [0.2, 0.25) is 0 Å². The third kappa shape index (κ3) is 12.4. The minimum atomic E-state index is -3.74. The fourth-order valence-corrected chi connectivity index (χ4v) is 14.9. The van der Waals surface area contributed by atoms with Crippen molar-refractivity contribution in [3.63, 3.8) is 0 Å². The lowest BCUT2D eigenvalue weighted by atomic mass is 9.49. The first-order chi connectivity index (χ1) is 33.7. The molecule has 6 nitrogen and oxygen atoms in total. The molecule has 6 unspecified atom stereocenters. The smallest absolute Gasteiger partial charge is 0.185 e. The van der Waals surface area contributed by atoms with Crippen molar-refractivity contribution >= 4 is 31.2 Å².